The lowest BCUT2D eigenvalue weighted by molar-refractivity contribution is -0.122. The van der Waals surface area contributed by atoms with Crippen LogP contribution in [0.25, 0.3) is 0 Å². The predicted octanol–water partition coefficient (Wildman–Crippen LogP) is 2.15. The fourth-order valence-electron chi connectivity index (χ4n) is 2.18. The smallest absolute Gasteiger partial charge is 0.221 e. The Hall–Kier alpha value is -0.220. The first-order chi connectivity index (χ1) is 8.02. The predicted molar refractivity (Wildman–Crippen MR) is 75.1 cm³/mol. The summed E-state index contributed by atoms with van der Waals surface area (Å²) >= 11 is 1.95. The molecule has 0 aromatic heterocycles. The highest BCUT2D eigenvalue weighted by molar-refractivity contribution is 7.99. The van der Waals surface area contributed by atoms with Crippen molar-refractivity contribution in [2.24, 2.45) is 11.7 Å². The van der Waals surface area contributed by atoms with Crippen molar-refractivity contribution in [2.45, 2.75) is 63.3 Å². The number of amides is 1. The molecule has 1 amide bonds. The van der Waals surface area contributed by atoms with E-state index in [0.29, 0.717) is 18.4 Å². The third-order valence-electron chi connectivity index (χ3n) is 3.65. The summed E-state index contributed by atoms with van der Waals surface area (Å²) in [5.41, 5.74) is 5.90. The minimum atomic E-state index is -0.0162. The van der Waals surface area contributed by atoms with Crippen LogP contribution < -0.4 is 11.1 Å². The fraction of sp³-hybridized carbons (Fsp3) is 0.923. The number of hydrogen-bond acceptors (Lipinski definition) is 3. The molecule has 0 bridgehead atoms. The summed E-state index contributed by atoms with van der Waals surface area (Å²) in [4.78, 5) is 11.8. The molecule has 3 nitrogen and oxygen atoms in total. The van der Waals surface area contributed by atoms with Crippen molar-refractivity contribution in [1.29, 1.82) is 0 Å². The van der Waals surface area contributed by atoms with Gasteiger partial charge in [-0.05, 0) is 37.9 Å². The van der Waals surface area contributed by atoms with Gasteiger partial charge in [0.05, 0.1) is 0 Å². The lowest BCUT2D eigenvalue weighted by atomic mass is 9.94. The lowest BCUT2D eigenvalue weighted by Crippen LogP contribution is -2.41. The van der Waals surface area contributed by atoms with Crippen molar-refractivity contribution in [3.8, 4) is 0 Å². The van der Waals surface area contributed by atoms with Crippen molar-refractivity contribution >= 4 is 17.7 Å². The molecule has 0 aromatic carbocycles. The van der Waals surface area contributed by atoms with Crippen LogP contribution in [0.1, 0.15) is 46.0 Å². The van der Waals surface area contributed by atoms with E-state index in [-0.39, 0.29) is 11.9 Å². The maximum Gasteiger partial charge on any atom is 0.221 e. The average molecular weight is 258 g/mol. The SMILES string of the molecule is CSC1CCC(NC(=O)CC(N)C(C)C)CC1. The van der Waals surface area contributed by atoms with Gasteiger partial charge in [0.2, 0.25) is 5.91 Å². The summed E-state index contributed by atoms with van der Waals surface area (Å²) in [6.45, 7) is 4.11. The summed E-state index contributed by atoms with van der Waals surface area (Å²) in [5, 5.41) is 3.91. The molecular weight excluding hydrogens is 232 g/mol. The number of nitrogens with two attached hydrogens (primary N) is 1. The number of carbonyl (C=O) groups is 1. The number of nitrogens with one attached hydrogen (secondary N) is 1. The number of hydrogen-bond donors (Lipinski definition) is 2. The minimum Gasteiger partial charge on any atom is -0.353 e. The Morgan fingerprint density at radius 3 is 2.41 bits per heavy atom. The number of rotatable bonds is 5. The van der Waals surface area contributed by atoms with Gasteiger partial charge in [0, 0.05) is 23.8 Å². The first kappa shape index (κ1) is 14.8. The Balaban J connectivity index is 2.23. The van der Waals surface area contributed by atoms with Crippen LogP contribution in [0.15, 0.2) is 0 Å². The zero-order valence-corrected chi connectivity index (χ0v) is 12.1. The van der Waals surface area contributed by atoms with Crippen molar-refractivity contribution in [1.82, 2.24) is 5.32 Å². The molecule has 1 saturated carbocycles. The first-order valence-electron chi connectivity index (χ1n) is 6.60. The molecule has 1 aliphatic carbocycles. The van der Waals surface area contributed by atoms with E-state index >= 15 is 0 Å². The molecular formula is C13H26N2OS. The molecule has 1 unspecified atom stereocenters. The van der Waals surface area contributed by atoms with Gasteiger partial charge in [-0.15, -0.1) is 0 Å². The molecule has 4 heteroatoms. The molecule has 0 aromatic rings. The van der Waals surface area contributed by atoms with Gasteiger partial charge in [0.1, 0.15) is 0 Å². The quantitative estimate of drug-likeness (QED) is 0.794. The zero-order valence-electron chi connectivity index (χ0n) is 11.2. The van der Waals surface area contributed by atoms with E-state index < -0.39 is 0 Å². The van der Waals surface area contributed by atoms with Crippen molar-refractivity contribution < 1.29 is 4.79 Å². The number of carbonyl (C=O) groups excluding carboxylic acids is 1. The molecule has 0 spiro atoms. The molecule has 0 saturated heterocycles. The van der Waals surface area contributed by atoms with Crippen LogP contribution in [0.5, 0.6) is 0 Å². The topological polar surface area (TPSA) is 55.1 Å². The number of thioether (sulfide) groups is 1. The Morgan fingerprint density at radius 2 is 1.94 bits per heavy atom. The van der Waals surface area contributed by atoms with Gasteiger partial charge in [-0.3, -0.25) is 4.79 Å². The normalized spacial score (nSPS) is 26.9. The molecule has 17 heavy (non-hydrogen) atoms. The third-order valence-corrected chi connectivity index (χ3v) is 4.79. The van der Waals surface area contributed by atoms with Crippen molar-refractivity contribution in [2.75, 3.05) is 6.26 Å². The van der Waals surface area contributed by atoms with Crippen molar-refractivity contribution in [3.63, 3.8) is 0 Å². The van der Waals surface area contributed by atoms with E-state index in [0.717, 1.165) is 18.1 Å². The van der Waals surface area contributed by atoms with Crippen LogP contribution in [0.2, 0.25) is 0 Å². The molecule has 0 heterocycles. The average Bonchev–Trinajstić information content (AvgIpc) is 2.29. The second kappa shape index (κ2) is 7.27. The third kappa shape index (κ3) is 5.30. The summed E-state index contributed by atoms with van der Waals surface area (Å²) in [6, 6.07) is 0.364. The second-order valence-corrected chi connectivity index (χ2v) is 6.53. The Labute approximate surface area is 109 Å². The Morgan fingerprint density at radius 1 is 1.35 bits per heavy atom. The molecule has 1 fully saturated rings. The fourth-order valence-corrected chi connectivity index (χ4v) is 2.92. The minimum absolute atomic E-state index is 0.0162. The summed E-state index contributed by atoms with van der Waals surface area (Å²) in [5.74, 6) is 0.492. The Kier molecular flexibility index (Phi) is 6.34. The standard InChI is InChI=1S/C13H26N2OS/c1-9(2)12(14)8-13(16)15-10-4-6-11(17-3)7-5-10/h9-12H,4-8,14H2,1-3H3,(H,15,16). The van der Waals surface area contributed by atoms with Gasteiger partial charge in [-0.2, -0.15) is 11.8 Å². The van der Waals surface area contributed by atoms with Gasteiger partial charge in [0.25, 0.3) is 0 Å². The second-order valence-electron chi connectivity index (χ2n) is 5.39. The van der Waals surface area contributed by atoms with E-state index in [2.05, 4.69) is 25.4 Å². The van der Waals surface area contributed by atoms with Crippen LogP contribution in [0, 0.1) is 5.92 Å². The van der Waals surface area contributed by atoms with Gasteiger partial charge in [-0.1, -0.05) is 13.8 Å². The van der Waals surface area contributed by atoms with Crippen LogP contribution >= 0.6 is 11.8 Å². The zero-order chi connectivity index (χ0) is 12.8. The molecule has 100 valence electrons. The summed E-state index contributed by atoms with van der Waals surface area (Å²) in [6.07, 6.45) is 7.32. The van der Waals surface area contributed by atoms with E-state index in [1.165, 1.54) is 12.8 Å². The maximum absolute atomic E-state index is 11.8. The molecule has 1 atom stereocenters. The highest BCUT2D eigenvalue weighted by Crippen LogP contribution is 2.26. The largest absolute Gasteiger partial charge is 0.353 e. The maximum atomic E-state index is 11.8. The van der Waals surface area contributed by atoms with Gasteiger partial charge in [-0.25, -0.2) is 0 Å². The van der Waals surface area contributed by atoms with E-state index in [1.807, 2.05) is 11.8 Å². The first-order valence-corrected chi connectivity index (χ1v) is 7.89. The monoisotopic (exact) mass is 258 g/mol. The van der Waals surface area contributed by atoms with Crippen LogP contribution in [-0.2, 0) is 4.79 Å². The molecule has 0 aliphatic heterocycles. The molecule has 1 rings (SSSR count). The van der Waals surface area contributed by atoms with Crippen LogP contribution in [0.4, 0.5) is 0 Å². The molecule has 0 radical (unpaired) electrons. The van der Waals surface area contributed by atoms with Crippen LogP contribution in [-0.4, -0.2) is 29.5 Å². The lowest BCUT2D eigenvalue weighted by Gasteiger charge is -2.28. The van der Waals surface area contributed by atoms with E-state index in [4.69, 9.17) is 5.73 Å². The van der Waals surface area contributed by atoms with Gasteiger partial charge >= 0.3 is 0 Å². The van der Waals surface area contributed by atoms with Crippen LogP contribution in [0.3, 0.4) is 0 Å². The van der Waals surface area contributed by atoms with E-state index in [9.17, 15) is 4.79 Å². The summed E-state index contributed by atoms with van der Waals surface area (Å²) in [7, 11) is 0. The Bertz CT molecular complexity index is 238. The van der Waals surface area contributed by atoms with E-state index in [1.54, 1.807) is 0 Å². The molecule has 3 N–H and O–H groups in total. The molecule has 1 aliphatic rings. The van der Waals surface area contributed by atoms with Gasteiger partial charge in [0.15, 0.2) is 0 Å². The highest BCUT2D eigenvalue weighted by atomic mass is 32.2. The van der Waals surface area contributed by atoms with Crippen molar-refractivity contribution in [3.05, 3.63) is 0 Å². The highest BCUT2D eigenvalue weighted by Gasteiger charge is 2.22. The summed E-state index contributed by atoms with van der Waals surface area (Å²) < 4.78 is 0. The van der Waals surface area contributed by atoms with Gasteiger partial charge < -0.3 is 11.1 Å².